The van der Waals surface area contributed by atoms with Crippen LogP contribution in [-0.4, -0.2) is 70.5 Å². The summed E-state index contributed by atoms with van der Waals surface area (Å²) >= 11 is 0. The Kier molecular flexibility index (Phi) is 8.04. The molecule has 8 heteroatoms. The third-order valence-corrected chi connectivity index (χ3v) is 7.02. The van der Waals surface area contributed by atoms with Crippen molar-refractivity contribution in [3.63, 3.8) is 0 Å². The van der Waals surface area contributed by atoms with Gasteiger partial charge in [0.05, 0.1) is 23.8 Å². The molecule has 2 unspecified atom stereocenters. The predicted octanol–water partition coefficient (Wildman–Crippen LogP) is 1.09. The summed E-state index contributed by atoms with van der Waals surface area (Å²) in [4.78, 5) is 28.1. The summed E-state index contributed by atoms with van der Waals surface area (Å²) in [5.74, 6) is 5.03. The van der Waals surface area contributed by atoms with Crippen molar-refractivity contribution < 1.29 is 24.5 Å². The zero-order valence-corrected chi connectivity index (χ0v) is 20.5. The second kappa shape index (κ2) is 10.4. The molecular formula is C26H37N3O5. The van der Waals surface area contributed by atoms with Gasteiger partial charge < -0.3 is 30.9 Å². The number of carbonyl (C=O) groups is 2. The van der Waals surface area contributed by atoms with Crippen molar-refractivity contribution in [3.8, 4) is 11.8 Å². The van der Waals surface area contributed by atoms with E-state index in [4.69, 9.17) is 10.5 Å². The molecule has 4 atom stereocenters. The highest BCUT2D eigenvalue weighted by Gasteiger charge is 2.46. The Labute approximate surface area is 201 Å². The number of rotatable bonds is 6. The summed E-state index contributed by atoms with van der Waals surface area (Å²) in [7, 11) is 0. The first-order chi connectivity index (χ1) is 16.0. The number of likely N-dealkylation sites (tertiary alicyclic amines) is 1. The van der Waals surface area contributed by atoms with Crippen LogP contribution in [-0.2, 0) is 14.3 Å². The Bertz CT molecular complexity index is 938. The standard InChI is InChI=1S/C26H37N3O5/c1-5-6-17-7-9-18(10-8-17)22(25(2,3)33)28-23(31)20-15-19(30)16-29(20)24(32)21(27)26(4)11-13-34-14-12-26/h7-10,19-22,30,33H,11-16,27H2,1-4H3,(H,28,31)/t19-,20+,21?,22?/m1/s1. The van der Waals surface area contributed by atoms with Crippen LogP contribution in [0.1, 0.15) is 64.1 Å². The molecule has 2 fully saturated rings. The molecule has 186 valence electrons. The van der Waals surface area contributed by atoms with Crippen LogP contribution in [0.2, 0.25) is 0 Å². The number of benzene rings is 1. The van der Waals surface area contributed by atoms with Gasteiger partial charge in [-0.1, -0.05) is 25.0 Å². The minimum Gasteiger partial charge on any atom is -0.391 e. The van der Waals surface area contributed by atoms with Crippen LogP contribution in [0.5, 0.6) is 0 Å². The molecule has 1 aromatic carbocycles. The molecule has 0 bridgehead atoms. The predicted molar refractivity (Wildman–Crippen MR) is 128 cm³/mol. The summed E-state index contributed by atoms with van der Waals surface area (Å²) in [5.41, 5.74) is 6.25. The molecule has 5 N–H and O–H groups in total. The lowest BCUT2D eigenvalue weighted by Crippen LogP contribution is -2.58. The molecule has 2 aliphatic rings. The summed E-state index contributed by atoms with van der Waals surface area (Å²) in [6.45, 7) is 8.09. The van der Waals surface area contributed by atoms with Gasteiger partial charge >= 0.3 is 0 Å². The Morgan fingerprint density at radius 2 is 1.88 bits per heavy atom. The quantitative estimate of drug-likeness (QED) is 0.461. The number of ether oxygens (including phenoxy) is 1. The van der Waals surface area contributed by atoms with Gasteiger partial charge in [-0.3, -0.25) is 9.59 Å². The molecule has 0 saturated carbocycles. The first kappa shape index (κ1) is 26.2. The zero-order chi connectivity index (χ0) is 25.1. The fourth-order valence-electron chi connectivity index (χ4n) is 4.74. The van der Waals surface area contributed by atoms with E-state index in [0.717, 1.165) is 5.56 Å². The number of hydrogen-bond donors (Lipinski definition) is 4. The molecule has 0 radical (unpaired) electrons. The SMILES string of the molecule is CC#Cc1ccc(C(NC(=O)[C@@H]2C[C@@H](O)CN2C(=O)C(N)C2(C)CCOCC2)C(C)(C)O)cc1. The number of hydrogen-bond acceptors (Lipinski definition) is 6. The molecule has 0 aromatic heterocycles. The van der Waals surface area contributed by atoms with Crippen LogP contribution in [0.3, 0.4) is 0 Å². The molecule has 2 aliphatic heterocycles. The lowest BCUT2D eigenvalue weighted by Gasteiger charge is -2.40. The largest absolute Gasteiger partial charge is 0.391 e. The highest BCUT2D eigenvalue weighted by molar-refractivity contribution is 5.91. The van der Waals surface area contributed by atoms with E-state index < -0.39 is 41.2 Å². The van der Waals surface area contributed by atoms with Crippen molar-refractivity contribution in [2.24, 2.45) is 11.1 Å². The van der Waals surface area contributed by atoms with E-state index in [-0.39, 0.29) is 18.9 Å². The Hall–Kier alpha value is -2.44. The highest BCUT2D eigenvalue weighted by Crippen LogP contribution is 2.35. The van der Waals surface area contributed by atoms with Gasteiger partial charge in [-0.05, 0) is 56.7 Å². The van der Waals surface area contributed by atoms with Crippen molar-refractivity contribution in [3.05, 3.63) is 35.4 Å². The second-order valence-electron chi connectivity index (χ2n) is 10.2. The van der Waals surface area contributed by atoms with Gasteiger partial charge in [-0.2, -0.15) is 0 Å². The fourth-order valence-corrected chi connectivity index (χ4v) is 4.74. The third kappa shape index (κ3) is 5.78. The Morgan fingerprint density at radius 3 is 2.44 bits per heavy atom. The van der Waals surface area contributed by atoms with Crippen molar-refractivity contribution in [2.45, 2.75) is 76.8 Å². The molecule has 2 saturated heterocycles. The van der Waals surface area contributed by atoms with Gasteiger partial charge in [0.2, 0.25) is 11.8 Å². The van der Waals surface area contributed by atoms with E-state index in [9.17, 15) is 19.8 Å². The molecule has 8 nitrogen and oxygen atoms in total. The normalized spacial score (nSPS) is 24.0. The molecule has 34 heavy (non-hydrogen) atoms. The first-order valence-corrected chi connectivity index (χ1v) is 11.8. The maximum absolute atomic E-state index is 13.4. The maximum atomic E-state index is 13.4. The number of aliphatic hydroxyl groups excluding tert-OH is 1. The second-order valence-corrected chi connectivity index (χ2v) is 10.2. The van der Waals surface area contributed by atoms with E-state index in [1.54, 1.807) is 20.8 Å². The number of nitrogens with two attached hydrogens (primary N) is 1. The first-order valence-electron chi connectivity index (χ1n) is 11.8. The average Bonchev–Trinajstić information content (AvgIpc) is 3.19. The number of nitrogens with zero attached hydrogens (tertiary/aromatic N) is 1. The topological polar surface area (TPSA) is 125 Å². The summed E-state index contributed by atoms with van der Waals surface area (Å²) < 4.78 is 5.42. The molecule has 0 spiro atoms. The fraction of sp³-hybridized carbons (Fsp3) is 0.615. The lowest BCUT2D eigenvalue weighted by molar-refractivity contribution is -0.143. The van der Waals surface area contributed by atoms with Gasteiger partial charge in [0, 0.05) is 31.7 Å². The minimum absolute atomic E-state index is 0.0504. The van der Waals surface area contributed by atoms with E-state index in [1.807, 2.05) is 31.2 Å². The number of β-amino-alcohol motifs (C(OH)–C–C–N with tert-alkyl or cyclic N) is 1. The van der Waals surface area contributed by atoms with Crippen LogP contribution in [0.25, 0.3) is 0 Å². The molecule has 2 heterocycles. The summed E-state index contributed by atoms with van der Waals surface area (Å²) in [6.07, 6.45) is 0.619. The van der Waals surface area contributed by atoms with Crippen molar-refractivity contribution >= 4 is 11.8 Å². The minimum atomic E-state index is -1.27. The van der Waals surface area contributed by atoms with E-state index in [2.05, 4.69) is 17.2 Å². The Morgan fingerprint density at radius 1 is 1.26 bits per heavy atom. The number of carbonyl (C=O) groups excluding carboxylic acids is 2. The van der Waals surface area contributed by atoms with E-state index >= 15 is 0 Å². The summed E-state index contributed by atoms with van der Waals surface area (Å²) in [5, 5.41) is 24.0. The van der Waals surface area contributed by atoms with Crippen LogP contribution >= 0.6 is 0 Å². The average molecular weight is 472 g/mol. The smallest absolute Gasteiger partial charge is 0.243 e. The van der Waals surface area contributed by atoms with Gasteiger partial charge in [-0.25, -0.2) is 0 Å². The zero-order valence-electron chi connectivity index (χ0n) is 20.5. The van der Waals surface area contributed by atoms with E-state index in [0.29, 0.717) is 31.6 Å². The van der Waals surface area contributed by atoms with E-state index in [1.165, 1.54) is 4.90 Å². The lowest BCUT2D eigenvalue weighted by atomic mass is 9.75. The van der Waals surface area contributed by atoms with Gasteiger partial charge in [-0.15, -0.1) is 5.92 Å². The molecule has 3 rings (SSSR count). The third-order valence-electron chi connectivity index (χ3n) is 7.02. The van der Waals surface area contributed by atoms with Crippen LogP contribution in [0.4, 0.5) is 0 Å². The number of nitrogens with one attached hydrogen (secondary N) is 1. The molecule has 0 aliphatic carbocycles. The van der Waals surface area contributed by atoms with Crippen LogP contribution in [0, 0.1) is 17.3 Å². The van der Waals surface area contributed by atoms with Crippen molar-refractivity contribution in [2.75, 3.05) is 19.8 Å². The summed E-state index contributed by atoms with van der Waals surface area (Å²) in [6, 6.07) is 4.91. The van der Waals surface area contributed by atoms with Gasteiger partial charge in [0.25, 0.3) is 0 Å². The van der Waals surface area contributed by atoms with Gasteiger partial charge in [0.15, 0.2) is 0 Å². The highest BCUT2D eigenvalue weighted by atomic mass is 16.5. The molecule has 2 amide bonds. The van der Waals surface area contributed by atoms with Crippen molar-refractivity contribution in [1.82, 2.24) is 10.2 Å². The monoisotopic (exact) mass is 471 g/mol. The molecular weight excluding hydrogens is 434 g/mol. The van der Waals surface area contributed by atoms with Crippen LogP contribution in [0.15, 0.2) is 24.3 Å². The van der Waals surface area contributed by atoms with Crippen molar-refractivity contribution in [1.29, 1.82) is 0 Å². The molecule has 1 aromatic rings. The van der Waals surface area contributed by atoms with Crippen LogP contribution < -0.4 is 11.1 Å². The number of aliphatic hydroxyl groups is 2. The maximum Gasteiger partial charge on any atom is 0.243 e. The van der Waals surface area contributed by atoms with Gasteiger partial charge in [0.1, 0.15) is 6.04 Å². The Balaban J connectivity index is 1.79. The number of amides is 2.